The Labute approximate surface area is 82.3 Å². The Morgan fingerprint density at radius 1 is 1.18 bits per heavy atom. The van der Waals surface area contributed by atoms with Crippen molar-refractivity contribution < 1.29 is 0 Å². The van der Waals surface area contributed by atoms with Crippen molar-refractivity contribution in [2.45, 2.75) is 26.8 Å². The van der Waals surface area contributed by atoms with Crippen molar-refractivity contribution in [1.82, 2.24) is 4.90 Å². The zero-order valence-corrected chi connectivity index (χ0v) is 9.17. The van der Waals surface area contributed by atoms with Gasteiger partial charge in [-0.2, -0.15) is 0 Å². The lowest BCUT2D eigenvalue weighted by molar-refractivity contribution is 0.236. The molecule has 0 aliphatic rings. The summed E-state index contributed by atoms with van der Waals surface area (Å²) in [6.07, 6.45) is 0. The lowest BCUT2D eigenvalue weighted by Gasteiger charge is -2.24. The highest BCUT2D eigenvalue weighted by atomic mass is 35.5. The van der Waals surface area contributed by atoms with Crippen LogP contribution in [0.1, 0.15) is 20.8 Å². The SMILES string of the molecule is CCN(CC)C(C)CN.Cl.Cl. The van der Waals surface area contributed by atoms with Gasteiger partial charge in [0, 0.05) is 12.6 Å². The Kier molecular flexibility index (Phi) is 16.8. The molecule has 0 aliphatic carbocycles. The van der Waals surface area contributed by atoms with Crippen molar-refractivity contribution in [2.24, 2.45) is 5.73 Å². The summed E-state index contributed by atoms with van der Waals surface area (Å²) in [7, 11) is 0. The minimum absolute atomic E-state index is 0. The predicted molar refractivity (Wildman–Crippen MR) is 55.9 cm³/mol. The van der Waals surface area contributed by atoms with Gasteiger partial charge in [-0.15, -0.1) is 24.8 Å². The standard InChI is InChI=1S/C7H18N2.2ClH/c1-4-9(5-2)7(3)6-8;;/h7H,4-6,8H2,1-3H3;2*1H. The largest absolute Gasteiger partial charge is 0.329 e. The van der Waals surface area contributed by atoms with Gasteiger partial charge in [0.25, 0.3) is 0 Å². The minimum atomic E-state index is 0. The van der Waals surface area contributed by atoms with Gasteiger partial charge in [0.05, 0.1) is 0 Å². The van der Waals surface area contributed by atoms with Crippen LogP contribution in [0.25, 0.3) is 0 Å². The van der Waals surface area contributed by atoms with E-state index in [4.69, 9.17) is 5.73 Å². The normalized spacial score (nSPS) is 11.7. The molecule has 72 valence electrons. The summed E-state index contributed by atoms with van der Waals surface area (Å²) in [5.74, 6) is 0. The number of rotatable bonds is 4. The summed E-state index contributed by atoms with van der Waals surface area (Å²) in [6, 6.07) is 0.542. The maximum absolute atomic E-state index is 5.48. The van der Waals surface area contributed by atoms with E-state index in [9.17, 15) is 0 Å². The van der Waals surface area contributed by atoms with Gasteiger partial charge in [0.2, 0.25) is 0 Å². The average molecular weight is 203 g/mol. The first kappa shape index (κ1) is 17.5. The van der Waals surface area contributed by atoms with Gasteiger partial charge in [-0.25, -0.2) is 0 Å². The van der Waals surface area contributed by atoms with Crippen LogP contribution in [0, 0.1) is 0 Å². The van der Waals surface area contributed by atoms with Crippen molar-refractivity contribution in [1.29, 1.82) is 0 Å². The van der Waals surface area contributed by atoms with Crippen molar-refractivity contribution >= 4 is 24.8 Å². The van der Waals surface area contributed by atoms with Crippen LogP contribution in [0.2, 0.25) is 0 Å². The van der Waals surface area contributed by atoms with Crippen LogP contribution in [0.3, 0.4) is 0 Å². The van der Waals surface area contributed by atoms with E-state index < -0.39 is 0 Å². The van der Waals surface area contributed by atoms with Gasteiger partial charge < -0.3 is 5.73 Å². The summed E-state index contributed by atoms with van der Waals surface area (Å²) >= 11 is 0. The number of nitrogens with zero attached hydrogens (tertiary/aromatic N) is 1. The van der Waals surface area contributed by atoms with E-state index in [1.165, 1.54) is 0 Å². The second-order valence-electron chi connectivity index (χ2n) is 2.31. The minimum Gasteiger partial charge on any atom is -0.329 e. The zero-order chi connectivity index (χ0) is 7.28. The molecule has 0 spiro atoms. The van der Waals surface area contributed by atoms with Gasteiger partial charge >= 0.3 is 0 Å². The molecule has 4 heteroatoms. The Hall–Kier alpha value is 0.500. The van der Waals surface area contributed by atoms with Crippen LogP contribution in [-0.4, -0.2) is 30.6 Å². The van der Waals surface area contributed by atoms with Crippen LogP contribution >= 0.6 is 24.8 Å². The second kappa shape index (κ2) is 10.5. The first-order valence-electron chi connectivity index (χ1n) is 3.70. The van der Waals surface area contributed by atoms with E-state index in [1.54, 1.807) is 0 Å². The van der Waals surface area contributed by atoms with Crippen molar-refractivity contribution in [3.05, 3.63) is 0 Å². The molecule has 0 bridgehead atoms. The van der Waals surface area contributed by atoms with Crippen LogP contribution in [0.5, 0.6) is 0 Å². The summed E-state index contributed by atoms with van der Waals surface area (Å²) in [6.45, 7) is 9.46. The molecular weight excluding hydrogens is 183 g/mol. The van der Waals surface area contributed by atoms with Crippen molar-refractivity contribution in [3.8, 4) is 0 Å². The third-order valence-corrected chi connectivity index (χ3v) is 1.78. The smallest absolute Gasteiger partial charge is 0.0189 e. The molecule has 0 saturated carbocycles. The third-order valence-electron chi connectivity index (χ3n) is 1.78. The van der Waals surface area contributed by atoms with E-state index in [0.717, 1.165) is 19.6 Å². The van der Waals surface area contributed by atoms with Crippen LogP contribution < -0.4 is 5.73 Å². The van der Waals surface area contributed by atoms with Crippen molar-refractivity contribution in [2.75, 3.05) is 19.6 Å². The predicted octanol–water partition coefficient (Wildman–Crippen LogP) is 1.52. The highest BCUT2D eigenvalue weighted by molar-refractivity contribution is 5.85. The number of hydrogen-bond donors (Lipinski definition) is 1. The maximum Gasteiger partial charge on any atom is 0.0189 e. The molecular formula is C7H20Cl2N2. The molecule has 0 rings (SSSR count). The Morgan fingerprint density at radius 3 is 1.64 bits per heavy atom. The molecule has 1 unspecified atom stereocenters. The van der Waals surface area contributed by atoms with Gasteiger partial charge in [-0.05, 0) is 20.0 Å². The molecule has 0 radical (unpaired) electrons. The summed E-state index contributed by atoms with van der Waals surface area (Å²) in [4.78, 5) is 2.35. The Morgan fingerprint density at radius 2 is 1.55 bits per heavy atom. The van der Waals surface area contributed by atoms with Gasteiger partial charge in [-0.1, -0.05) is 13.8 Å². The lowest BCUT2D eigenvalue weighted by Crippen LogP contribution is -2.37. The molecule has 0 heterocycles. The fourth-order valence-electron chi connectivity index (χ4n) is 0.996. The molecule has 0 aromatic heterocycles. The Balaban J connectivity index is -0.000000320. The molecule has 2 N–H and O–H groups in total. The van der Waals surface area contributed by atoms with Crippen LogP contribution in [0.4, 0.5) is 0 Å². The second-order valence-corrected chi connectivity index (χ2v) is 2.31. The van der Waals surface area contributed by atoms with Gasteiger partial charge in [0.1, 0.15) is 0 Å². The highest BCUT2D eigenvalue weighted by Crippen LogP contribution is 1.94. The summed E-state index contributed by atoms with van der Waals surface area (Å²) in [5, 5.41) is 0. The molecule has 11 heavy (non-hydrogen) atoms. The summed E-state index contributed by atoms with van der Waals surface area (Å²) < 4.78 is 0. The molecule has 0 aliphatic heterocycles. The van der Waals surface area contributed by atoms with Gasteiger partial charge in [0.15, 0.2) is 0 Å². The number of halogens is 2. The molecule has 0 saturated heterocycles. The number of likely N-dealkylation sites (N-methyl/N-ethyl adjacent to an activating group) is 1. The fourth-order valence-corrected chi connectivity index (χ4v) is 0.996. The zero-order valence-electron chi connectivity index (χ0n) is 7.54. The van der Waals surface area contributed by atoms with E-state index in [-0.39, 0.29) is 24.8 Å². The fraction of sp³-hybridized carbons (Fsp3) is 1.00. The average Bonchev–Trinajstić information content (AvgIpc) is 1.90. The first-order chi connectivity index (χ1) is 4.26. The molecule has 1 atom stereocenters. The van der Waals surface area contributed by atoms with E-state index >= 15 is 0 Å². The number of nitrogens with two attached hydrogens (primary N) is 1. The molecule has 2 nitrogen and oxygen atoms in total. The topological polar surface area (TPSA) is 29.3 Å². The highest BCUT2D eigenvalue weighted by Gasteiger charge is 2.05. The third kappa shape index (κ3) is 6.88. The van der Waals surface area contributed by atoms with E-state index in [0.29, 0.717) is 6.04 Å². The molecule has 0 fully saturated rings. The van der Waals surface area contributed by atoms with Crippen LogP contribution in [0.15, 0.2) is 0 Å². The maximum atomic E-state index is 5.48. The quantitative estimate of drug-likeness (QED) is 0.750. The van der Waals surface area contributed by atoms with E-state index in [2.05, 4.69) is 25.7 Å². The van der Waals surface area contributed by atoms with Gasteiger partial charge in [-0.3, -0.25) is 4.90 Å². The van der Waals surface area contributed by atoms with Crippen molar-refractivity contribution in [3.63, 3.8) is 0 Å². The monoisotopic (exact) mass is 202 g/mol. The first-order valence-corrected chi connectivity index (χ1v) is 3.70. The number of hydrogen-bond acceptors (Lipinski definition) is 2. The molecule has 0 aromatic carbocycles. The lowest BCUT2D eigenvalue weighted by atomic mass is 10.3. The molecule has 0 amide bonds. The summed E-state index contributed by atoms with van der Waals surface area (Å²) in [5.41, 5.74) is 5.48. The Bertz CT molecular complexity index is 67.5. The van der Waals surface area contributed by atoms with Crippen LogP contribution in [-0.2, 0) is 0 Å². The molecule has 0 aromatic rings. The van der Waals surface area contributed by atoms with E-state index in [1.807, 2.05) is 0 Å².